The van der Waals surface area contributed by atoms with Crippen molar-refractivity contribution in [1.82, 2.24) is 16.0 Å². The lowest BCUT2D eigenvalue weighted by molar-refractivity contribution is -0.125. The van der Waals surface area contributed by atoms with Gasteiger partial charge in [0.15, 0.2) is 0 Å². The molecule has 1 aromatic carbocycles. The van der Waals surface area contributed by atoms with Gasteiger partial charge in [0.2, 0.25) is 5.91 Å². The third-order valence-electron chi connectivity index (χ3n) is 4.86. The standard InChI is InChI=1S/C21H33N3O4/c1-7-15(5)17(12-22-19(25)16-10-8-14(4)9-11-16)23-20(26)18(13(2)3)24-21(27)28-6/h8-11,13,15,17-18H,7,12H2,1-6H3,(H,22,25)(H,23,26)(H,24,27)/t15-,17+,18?/m0/s1. The number of nitrogens with one attached hydrogen (secondary N) is 3. The molecule has 0 saturated carbocycles. The molecule has 0 bridgehead atoms. The fourth-order valence-corrected chi connectivity index (χ4v) is 2.68. The molecule has 7 heteroatoms. The molecule has 0 fully saturated rings. The number of rotatable bonds is 9. The molecular formula is C21H33N3O4. The Morgan fingerprint density at radius 3 is 2.14 bits per heavy atom. The van der Waals surface area contributed by atoms with Crippen LogP contribution < -0.4 is 16.0 Å². The molecule has 0 heterocycles. The van der Waals surface area contributed by atoms with Crippen molar-refractivity contribution >= 4 is 17.9 Å². The van der Waals surface area contributed by atoms with Gasteiger partial charge in [-0.1, -0.05) is 51.8 Å². The van der Waals surface area contributed by atoms with E-state index in [9.17, 15) is 14.4 Å². The Labute approximate surface area is 167 Å². The van der Waals surface area contributed by atoms with E-state index >= 15 is 0 Å². The predicted octanol–water partition coefficient (Wildman–Crippen LogP) is 2.64. The van der Waals surface area contributed by atoms with Crippen LogP contribution in [0.4, 0.5) is 4.79 Å². The zero-order valence-corrected chi connectivity index (χ0v) is 17.7. The number of alkyl carbamates (subject to hydrolysis) is 1. The normalized spacial score (nSPS) is 14.0. The summed E-state index contributed by atoms with van der Waals surface area (Å²) in [5.74, 6) is -0.446. The fraction of sp³-hybridized carbons (Fsp3) is 0.571. The highest BCUT2D eigenvalue weighted by Gasteiger charge is 2.28. The van der Waals surface area contributed by atoms with Gasteiger partial charge in [0.1, 0.15) is 6.04 Å². The molecule has 1 aromatic rings. The van der Waals surface area contributed by atoms with E-state index in [1.165, 1.54) is 7.11 Å². The third-order valence-corrected chi connectivity index (χ3v) is 4.86. The first kappa shape index (κ1) is 23.5. The summed E-state index contributed by atoms with van der Waals surface area (Å²) in [5.41, 5.74) is 1.66. The van der Waals surface area contributed by atoms with Gasteiger partial charge in [0.25, 0.3) is 5.91 Å². The van der Waals surface area contributed by atoms with Crippen molar-refractivity contribution in [3.63, 3.8) is 0 Å². The van der Waals surface area contributed by atoms with Crippen molar-refractivity contribution in [2.24, 2.45) is 11.8 Å². The van der Waals surface area contributed by atoms with Gasteiger partial charge in [-0.05, 0) is 30.9 Å². The lowest BCUT2D eigenvalue weighted by Gasteiger charge is -2.28. The van der Waals surface area contributed by atoms with Crippen LogP contribution in [0, 0.1) is 18.8 Å². The van der Waals surface area contributed by atoms with Gasteiger partial charge in [-0.25, -0.2) is 4.79 Å². The molecule has 0 aliphatic carbocycles. The summed E-state index contributed by atoms with van der Waals surface area (Å²) in [5, 5.41) is 8.43. The highest BCUT2D eigenvalue weighted by molar-refractivity contribution is 5.94. The van der Waals surface area contributed by atoms with Crippen molar-refractivity contribution in [3.8, 4) is 0 Å². The molecule has 1 rings (SSSR count). The number of benzene rings is 1. The Morgan fingerprint density at radius 1 is 1.04 bits per heavy atom. The molecule has 3 atom stereocenters. The average Bonchev–Trinajstić information content (AvgIpc) is 2.68. The summed E-state index contributed by atoms with van der Waals surface area (Å²) in [6.45, 7) is 9.99. The van der Waals surface area contributed by atoms with Gasteiger partial charge in [-0.2, -0.15) is 0 Å². The molecule has 156 valence electrons. The highest BCUT2D eigenvalue weighted by atomic mass is 16.5. The molecule has 0 radical (unpaired) electrons. The van der Waals surface area contributed by atoms with Crippen LogP contribution >= 0.6 is 0 Å². The Morgan fingerprint density at radius 2 is 1.64 bits per heavy atom. The Hall–Kier alpha value is -2.57. The molecular weight excluding hydrogens is 358 g/mol. The first-order chi connectivity index (χ1) is 13.2. The van der Waals surface area contributed by atoms with Crippen molar-refractivity contribution in [1.29, 1.82) is 0 Å². The van der Waals surface area contributed by atoms with Crippen molar-refractivity contribution in [3.05, 3.63) is 35.4 Å². The fourth-order valence-electron chi connectivity index (χ4n) is 2.68. The summed E-state index contributed by atoms with van der Waals surface area (Å²) in [4.78, 5) is 36.6. The van der Waals surface area contributed by atoms with Gasteiger partial charge in [0, 0.05) is 18.2 Å². The maximum absolute atomic E-state index is 12.7. The van der Waals surface area contributed by atoms with Crippen LogP contribution in [-0.4, -0.2) is 43.6 Å². The quantitative estimate of drug-likeness (QED) is 0.603. The van der Waals surface area contributed by atoms with Gasteiger partial charge in [-0.3, -0.25) is 9.59 Å². The summed E-state index contributed by atoms with van der Waals surface area (Å²) in [6, 6.07) is 6.34. The van der Waals surface area contributed by atoms with Crippen LogP contribution in [-0.2, 0) is 9.53 Å². The molecule has 0 aliphatic heterocycles. The first-order valence-corrected chi connectivity index (χ1v) is 9.69. The second-order valence-corrected chi connectivity index (χ2v) is 7.43. The van der Waals surface area contributed by atoms with E-state index < -0.39 is 12.1 Å². The van der Waals surface area contributed by atoms with Crippen molar-refractivity contribution in [2.45, 2.75) is 53.1 Å². The molecule has 3 N–H and O–H groups in total. The molecule has 0 spiro atoms. The van der Waals surface area contributed by atoms with E-state index in [1.54, 1.807) is 12.1 Å². The molecule has 28 heavy (non-hydrogen) atoms. The molecule has 1 unspecified atom stereocenters. The zero-order valence-electron chi connectivity index (χ0n) is 17.7. The minimum Gasteiger partial charge on any atom is -0.453 e. The lowest BCUT2D eigenvalue weighted by Crippen LogP contribution is -2.55. The van der Waals surface area contributed by atoms with Crippen molar-refractivity contribution in [2.75, 3.05) is 13.7 Å². The SMILES string of the molecule is CC[C@H](C)[C@@H](CNC(=O)c1ccc(C)cc1)NC(=O)C(NC(=O)OC)C(C)C. The van der Waals surface area contributed by atoms with Crippen LogP contribution in [0.25, 0.3) is 0 Å². The van der Waals surface area contributed by atoms with Crippen LogP contribution in [0.5, 0.6) is 0 Å². The topological polar surface area (TPSA) is 96.5 Å². The number of hydrogen-bond acceptors (Lipinski definition) is 4. The third kappa shape index (κ3) is 7.21. The monoisotopic (exact) mass is 391 g/mol. The Balaban J connectivity index is 2.78. The highest BCUT2D eigenvalue weighted by Crippen LogP contribution is 2.10. The minimum absolute atomic E-state index is 0.112. The average molecular weight is 392 g/mol. The molecule has 0 aliphatic rings. The van der Waals surface area contributed by atoms with Crippen LogP contribution in [0.1, 0.15) is 50.0 Å². The lowest BCUT2D eigenvalue weighted by atomic mass is 9.97. The minimum atomic E-state index is -0.716. The number of ether oxygens (including phenoxy) is 1. The van der Waals surface area contributed by atoms with E-state index in [-0.39, 0.29) is 29.7 Å². The molecule has 3 amide bonds. The second-order valence-electron chi connectivity index (χ2n) is 7.43. The number of methoxy groups -OCH3 is 1. The number of hydrogen-bond donors (Lipinski definition) is 3. The van der Waals surface area contributed by atoms with Gasteiger partial charge in [0.05, 0.1) is 7.11 Å². The second kappa shape index (κ2) is 11.3. The van der Waals surface area contributed by atoms with Crippen LogP contribution in [0.3, 0.4) is 0 Å². The van der Waals surface area contributed by atoms with E-state index in [2.05, 4.69) is 20.7 Å². The number of carbonyl (C=O) groups excluding carboxylic acids is 3. The largest absolute Gasteiger partial charge is 0.453 e. The molecule has 0 aromatic heterocycles. The van der Waals surface area contributed by atoms with E-state index in [4.69, 9.17) is 0 Å². The van der Waals surface area contributed by atoms with E-state index in [0.29, 0.717) is 12.1 Å². The maximum Gasteiger partial charge on any atom is 0.407 e. The Kier molecular flexibility index (Phi) is 9.48. The predicted molar refractivity (Wildman–Crippen MR) is 109 cm³/mol. The summed E-state index contributed by atoms with van der Waals surface area (Å²) in [6.07, 6.45) is 0.184. The molecule has 0 saturated heterocycles. The van der Waals surface area contributed by atoms with Gasteiger partial charge >= 0.3 is 6.09 Å². The van der Waals surface area contributed by atoms with Crippen LogP contribution in [0.15, 0.2) is 24.3 Å². The summed E-state index contributed by atoms with van der Waals surface area (Å²) in [7, 11) is 1.26. The van der Waals surface area contributed by atoms with E-state index in [1.807, 2.05) is 46.8 Å². The van der Waals surface area contributed by atoms with Crippen molar-refractivity contribution < 1.29 is 19.1 Å². The van der Waals surface area contributed by atoms with E-state index in [0.717, 1.165) is 12.0 Å². The number of carbonyl (C=O) groups is 3. The number of aryl methyl sites for hydroxylation is 1. The van der Waals surface area contributed by atoms with Gasteiger partial charge in [-0.15, -0.1) is 0 Å². The van der Waals surface area contributed by atoms with Gasteiger partial charge < -0.3 is 20.7 Å². The smallest absolute Gasteiger partial charge is 0.407 e. The maximum atomic E-state index is 12.7. The molecule has 7 nitrogen and oxygen atoms in total. The summed E-state index contributed by atoms with van der Waals surface area (Å²) < 4.78 is 4.60. The number of amides is 3. The van der Waals surface area contributed by atoms with Crippen LogP contribution in [0.2, 0.25) is 0 Å². The summed E-state index contributed by atoms with van der Waals surface area (Å²) >= 11 is 0. The Bertz CT molecular complexity index is 658. The zero-order chi connectivity index (χ0) is 21.3. The first-order valence-electron chi connectivity index (χ1n) is 9.69.